The van der Waals surface area contributed by atoms with Gasteiger partial charge in [-0.3, -0.25) is 4.79 Å². The molecule has 0 saturated heterocycles. The summed E-state index contributed by atoms with van der Waals surface area (Å²) in [5.74, 6) is -1.34. The molecule has 3 aromatic rings. The van der Waals surface area contributed by atoms with Crippen molar-refractivity contribution >= 4 is 39.5 Å². The minimum atomic E-state index is -5.68. The Balaban J connectivity index is 1.69. The van der Waals surface area contributed by atoms with Crippen LogP contribution in [0.1, 0.15) is 21.1 Å². The Morgan fingerprint density at radius 2 is 1.74 bits per heavy atom. The van der Waals surface area contributed by atoms with Gasteiger partial charge < -0.3 is 10.6 Å². The van der Waals surface area contributed by atoms with Crippen molar-refractivity contribution in [3.05, 3.63) is 40.0 Å². The predicted molar refractivity (Wildman–Crippen MR) is 104 cm³/mol. The van der Waals surface area contributed by atoms with Crippen LogP contribution in [-0.2, 0) is 0 Å². The van der Waals surface area contributed by atoms with Crippen LogP contribution in [0.5, 0.6) is 0 Å². The summed E-state index contributed by atoms with van der Waals surface area (Å²) >= 11 is 2.75. The smallest absolute Gasteiger partial charge is 0.333 e. The van der Waals surface area contributed by atoms with Crippen LogP contribution in [0.3, 0.4) is 0 Å². The zero-order valence-corrected chi connectivity index (χ0v) is 17.4. The molecule has 31 heavy (non-hydrogen) atoms. The van der Waals surface area contributed by atoms with Crippen molar-refractivity contribution in [1.29, 1.82) is 0 Å². The fourth-order valence-electron chi connectivity index (χ4n) is 2.48. The first-order chi connectivity index (χ1) is 14.3. The molecule has 0 aliphatic carbocycles. The van der Waals surface area contributed by atoms with Gasteiger partial charge in [-0.2, -0.15) is 26.3 Å². The van der Waals surface area contributed by atoms with E-state index < -0.39 is 29.9 Å². The van der Waals surface area contributed by atoms with Crippen molar-refractivity contribution in [3.8, 4) is 10.6 Å². The molecule has 3 heterocycles. The van der Waals surface area contributed by atoms with E-state index in [1.165, 1.54) is 28.7 Å². The van der Waals surface area contributed by atoms with E-state index in [1.54, 1.807) is 5.38 Å². The molecule has 3 rings (SSSR count). The molecule has 3 aromatic heterocycles. The Morgan fingerprint density at radius 3 is 2.26 bits per heavy atom. The van der Waals surface area contributed by atoms with E-state index in [2.05, 4.69) is 20.3 Å². The molecule has 0 radical (unpaired) electrons. The van der Waals surface area contributed by atoms with Gasteiger partial charge in [-0.1, -0.05) is 0 Å². The normalized spacial score (nSPS) is 12.3. The first-order valence-electron chi connectivity index (χ1n) is 8.42. The molecule has 2 N–H and O–H groups in total. The van der Waals surface area contributed by atoms with Crippen molar-refractivity contribution in [2.45, 2.75) is 32.2 Å². The van der Waals surface area contributed by atoms with E-state index >= 15 is 0 Å². The van der Waals surface area contributed by atoms with Gasteiger partial charge in [0.15, 0.2) is 5.13 Å². The van der Waals surface area contributed by atoms with E-state index in [0.29, 0.717) is 10.8 Å². The largest absolute Gasteiger partial charge is 0.417 e. The lowest BCUT2D eigenvalue weighted by Crippen LogP contribution is -2.54. The summed E-state index contributed by atoms with van der Waals surface area (Å²) in [5, 5.41) is 6.97. The number of nitrogens with one attached hydrogen (secondary N) is 2. The quantitative estimate of drug-likeness (QED) is 0.487. The number of amides is 1. The van der Waals surface area contributed by atoms with Gasteiger partial charge in [0.2, 0.25) is 6.04 Å². The number of nitrogens with zero attached hydrogens (tertiary/aromatic N) is 3. The molecule has 0 atom stereocenters. The maximum atomic E-state index is 12.6. The molecule has 1 amide bonds. The third-order valence-electron chi connectivity index (χ3n) is 3.83. The number of thiazole rings is 2. The fourth-order valence-corrected chi connectivity index (χ4v) is 4.14. The monoisotopic (exact) mass is 481 g/mol. The molecule has 14 heteroatoms. The highest BCUT2D eigenvalue weighted by molar-refractivity contribution is 7.16. The predicted octanol–water partition coefficient (Wildman–Crippen LogP) is 5.25. The Bertz CT molecular complexity index is 1060. The van der Waals surface area contributed by atoms with Crippen LogP contribution in [0.4, 0.5) is 37.3 Å². The molecule has 166 valence electrons. The van der Waals surface area contributed by atoms with Crippen LogP contribution in [-0.4, -0.2) is 39.3 Å². The summed E-state index contributed by atoms with van der Waals surface area (Å²) in [6, 6.07) is -1.67. The Labute approximate surface area is 179 Å². The second-order valence-electron chi connectivity index (χ2n) is 6.23. The second kappa shape index (κ2) is 8.42. The van der Waals surface area contributed by atoms with Gasteiger partial charge in [-0.25, -0.2) is 15.0 Å². The zero-order chi connectivity index (χ0) is 23.0. The van der Waals surface area contributed by atoms with Crippen LogP contribution in [0, 0.1) is 13.8 Å². The SMILES string of the molecule is Cc1nc(C)c(-c2csc(Nc3ccc(C(=O)NC(C(F)(F)F)C(F)(F)F)cn3)n2)s1. The minimum Gasteiger partial charge on any atom is -0.333 e. The number of pyridine rings is 1. The summed E-state index contributed by atoms with van der Waals surface area (Å²) in [6.45, 7) is 3.73. The lowest BCUT2D eigenvalue weighted by atomic mass is 10.2. The van der Waals surface area contributed by atoms with E-state index in [1.807, 2.05) is 13.8 Å². The maximum Gasteiger partial charge on any atom is 0.417 e. The van der Waals surface area contributed by atoms with Crippen molar-refractivity contribution in [2.24, 2.45) is 0 Å². The first kappa shape index (κ1) is 22.9. The Kier molecular flexibility index (Phi) is 6.23. The summed E-state index contributed by atoms with van der Waals surface area (Å²) in [6.07, 6.45) is -10.5. The number of aryl methyl sites for hydroxylation is 2. The molecule has 0 bridgehead atoms. The second-order valence-corrected chi connectivity index (χ2v) is 8.29. The fraction of sp³-hybridized carbons (Fsp3) is 0.294. The number of hydrogen-bond donors (Lipinski definition) is 2. The third-order valence-corrected chi connectivity index (χ3v) is 5.68. The molecule has 0 aromatic carbocycles. The molecular formula is C17H13F6N5OS2. The Hall–Kier alpha value is -2.74. The number of halogens is 6. The highest BCUT2D eigenvalue weighted by Crippen LogP contribution is 2.34. The van der Waals surface area contributed by atoms with Crippen LogP contribution in [0.15, 0.2) is 23.7 Å². The van der Waals surface area contributed by atoms with Crippen molar-refractivity contribution in [1.82, 2.24) is 20.3 Å². The zero-order valence-electron chi connectivity index (χ0n) is 15.7. The number of hydrogen-bond acceptors (Lipinski definition) is 7. The number of anilines is 2. The minimum absolute atomic E-state index is 0.206. The number of aromatic nitrogens is 3. The summed E-state index contributed by atoms with van der Waals surface area (Å²) < 4.78 is 75.5. The topological polar surface area (TPSA) is 79.8 Å². The van der Waals surface area contributed by atoms with Gasteiger partial charge in [-0.15, -0.1) is 22.7 Å². The molecule has 0 saturated carbocycles. The summed E-state index contributed by atoms with van der Waals surface area (Å²) in [7, 11) is 0. The van der Waals surface area contributed by atoms with E-state index in [4.69, 9.17) is 0 Å². The lowest BCUT2D eigenvalue weighted by Gasteiger charge is -2.23. The van der Waals surface area contributed by atoms with Gasteiger partial charge in [0.05, 0.1) is 26.8 Å². The number of carbonyl (C=O) groups excluding carboxylic acids is 1. The summed E-state index contributed by atoms with van der Waals surface area (Å²) in [5.41, 5.74) is 1.08. The number of alkyl halides is 6. The standard InChI is InChI=1S/C17H13F6N5OS2/c1-7-12(31-8(2)25-7)10-6-30-15(26-10)27-11-4-3-9(5-24-11)13(29)28-14(16(18,19)20)17(21,22)23/h3-6,14H,1-2H3,(H,28,29)(H,24,26,27). The highest BCUT2D eigenvalue weighted by Gasteiger charge is 2.57. The van der Waals surface area contributed by atoms with Crippen LogP contribution >= 0.6 is 22.7 Å². The van der Waals surface area contributed by atoms with Gasteiger partial charge in [0, 0.05) is 11.6 Å². The number of rotatable bonds is 5. The van der Waals surface area contributed by atoms with E-state index in [-0.39, 0.29) is 5.82 Å². The molecular weight excluding hydrogens is 468 g/mol. The molecule has 0 unspecified atom stereocenters. The molecule has 0 aliphatic heterocycles. The molecule has 6 nitrogen and oxygen atoms in total. The summed E-state index contributed by atoms with van der Waals surface area (Å²) in [4.78, 5) is 25.3. The van der Waals surface area contributed by atoms with Gasteiger partial charge in [0.1, 0.15) is 5.82 Å². The number of carbonyl (C=O) groups is 1. The van der Waals surface area contributed by atoms with Crippen LogP contribution < -0.4 is 10.6 Å². The van der Waals surface area contributed by atoms with Crippen molar-refractivity contribution < 1.29 is 31.1 Å². The third kappa shape index (κ3) is 5.50. The van der Waals surface area contributed by atoms with Gasteiger partial charge in [0.25, 0.3) is 5.91 Å². The van der Waals surface area contributed by atoms with Gasteiger partial charge >= 0.3 is 12.4 Å². The van der Waals surface area contributed by atoms with Crippen LogP contribution in [0.25, 0.3) is 10.6 Å². The van der Waals surface area contributed by atoms with Gasteiger partial charge in [-0.05, 0) is 26.0 Å². The average Bonchev–Trinajstić information content (AvgIpc) is 3.23. The average molecular weight is 481 g/mol. The van der Waals surface area contributed by atoms with Crippen molar-refractivity contribution in [3.63, 3.8) is 0 Å². The Morgan fingerprint density at radius 1 is 1.06 bits per heavy atom. The molecule has 0 fully saturated rings. The lowest BCUT2D eigenvalue weighted by molar-refractivity contribution is -0.255. The van der Waals surface area contributed by atoms with Crippen molar-refractivity contribution in [2.75, 3.05) is 5.32 Å². The van der Waals surface area contributed by atoms with Crippen LogP contribution in [0.2, 0.25) is 0 Å². The van der Waals surface area contributed by atoms with E-state index in [9.17, 15) is 31.1 Å². The molecule has 0 spiro atoms. The molecule has 0 aliphatic rings. The maximum absolute atomic E-state index is 12.6. The van der Waals surface area contributed by atoms with E-state index in [0.717, 1.165) is 33.2 Å². The first-order valence-corrected chi connectivity index (χ1v) is 10.1. The highest BCUT2D eigenvalue weighted by atomic mass is 32.1.